The lowest BCUT2D eigenvalue weighted by atomic mass is 10.1. The van der Waals surface area contributed by atoms with Gasteiger partial charge < -0.3 is 5.32 Å². The molecule has 0 radical (unpaired) electrons. The van der Waals surface area contributed by atoms with Crippen molar-refractivity contribution in [2.24, 2.45) is 0 Å². The zero-order valence-electron chi connectivity index (χ0n) is 17.4. The second kappa shape index (κ2) is 13.2. The Morgan fingerprint density at radius 3 is 1.04 bits per heavy atom. The van der Waals surface area contributed by atoms with Crippen LogP contribution >= 0.6 is 0 Å². The maximum atomic E-state index is 3.68. The third kappa shape index (κ3) is 8.51. The zero-order chi connectivity index (χ0) is 17.8. The SMILES string of the molecule is CCC(C)N(CCNCCN(C(C)CC)C(C)CC)C(C)CC. The van der Waals surface area contributed by atoms with E-state index in [4.69, 9.17) is 0 Å². The van der Waals surface area contributed by atoms with Crippen molar-refractivity contribution >= 4 is 0 Å². The van der Waals surface area contributed by atoms with Gasteiger partial charge in [0.05, 0.1) is 0 Å². The van der Waals surface area contributed by atoms with Gasteiger partial charge in [0.25, 0.3) is 0 Å². The average Bonchev–Trinajstić information content (AvgIpc) is 2.58. The molecular formula is C20H45N3. The fraction of sp³-hybridized carbons (Fsp3) is 1.00. The monoisotopic (exact) mass is 327 g/mol. The van der Waals surface area contributed by atoms with Crippen LogP contribution in [0.5, 0.6) is 0 Å². The van der Waals surface area contributed by atoms with Crippen molar-refractivity contribution in [1.82, 2.24) is 15.1 Å². The number of rotatable bonds is 14. The minimum absolute atomic E-state index is 0.684. The molecule has 3 heteroatoms. The number of hydrogen-bond acceptors (Lipinski definition) is 3. The van der Waals surface area contributed by atoms with Gasteiger partial charge in [-0.05, 0) is 53.4 Å². The maximum absolute atomic E-state index is 3.68. The molecule has 1 N–H and O–H groups in total. The van der Waals surface area contributed by atoms with E-state index >= 15 is 0 Å². The summed E-state index contributed by atoms with van der Waals surface area (Å²) in [5.41, 5.74) is 0. The molecule has 0 aromatic heterocycles. The van der Waals surface area contributed by atoms with Crippen LogP contribution in [0.25, 0.3) is 0 Å². The van der Waals surface area contributed by atoms with E-state index in [-0.39, 0.29) is 0 Å². The van der Waals surface area contributed by atoms with E-state index in [0.29, 0.717) is 24.2 Å². The molecule has 23 heavy (non-hydrogen) atoms. The number of nitrogens with one attached hydrogen (secondary N) is 1. The molecule has 3 nitrogen and oxygen atoms in total. The van der Waals surface area contributed by atoms with Crippen molar-refractivity contribution in [3.63, 3.8) is 0 Å². The summed E-state index contributed by atoms with van der Waals surface area (Å²) in [5.74, 6) is 0. The minimum Gasteiger partial charge on any atom is -0.314 e. The summed E-state index contributed by atoms with van der Waals surface area (Å²) < 4.78 is 0. The Bertz CT molecular complexity index is 224. The Balaban J connectivity index is 4.21. The zero-order valence-corrected chi connectivity index (χ0v) is 17.4. The van der Waals surface area contributed by atoms with E-state index < -0.39 is 0 Å². The van der Waals surface area contributed by atoms with E-state index in [0.717, 1.165) is 26.2 Å². The van der Waals surface area contributed by atoms with Crippen LogP contribution in [-0.4, -0.2) is 60.1 Å². The molecule has 0 aromatic rings. The Labute approximate surface area is 147 Å². The van der Waals surface area contributed by atoms with E-state index in [1.165, 1.54) is 25.7 Å². The van der Waals surface area contributed by atoms with Gasteiger partial charge >= 0.3 is 0 Å². The molecule has 0 fully saturated rings. The molecule has 0 heterocycles. The van der Waals surface area contributed by atoms with Crippen LogP contribution in [0.3, 0.4) is 0 Å². The van der Waals surface area contributed by atoms with Crippen LogP contribution in [0.1, 0.15) is 81.1 Å². The van der Waals surface area contributed by atoms with Crippen LogP contribution in [0.15, 0.2) is 0 Å². The molecule has 0 rings (SSSR count). The molecule has 0 saturated heterocycles. The van der Waals surface area contributed by atoms with Crippen LogP contribution in [-0.2, 0) is 0 Å². The van der Waals surface area contributed by atoms with E-state index in [9.17, 15) is 0 Å². The predicted octanol–water partition coefficient (Wildman–Crippen LogP) is 4.37. The van der Waals surface area contributed by atoms with Crippen molar-refractivity contribution < 1.29 is 0 Å². The molecule has 140 valence electrons. The molecule has 0 amide bonds. The third-order valence-electron chi connectivity index (χ3n) is 5.72. The highest BCUT2D eigenvalue weighted by molar-refractivity contribution is 4.75. The van der Waals surface area contributed by atoms with Crippen molar-refractivity contribution in [3.8, 4) is 0 Å². The first-order chi connectivity index (χ1) is 10.9. The first kappa shape index (κ1) is 22.9. The quantitative estimate of drug-likeness (QED) is 0.478. The van der Waals surface area contributed by atoms with E-state index in [1.54, 1.807) is 0 Å². The first-order valence-electron chi connectivity index (χ1n) is 10.1. The standard InChI is InChI=1S/C20H45N3/c1-9-17(5)22(18(6)10-2)15-13-21-14-16-23(19(7)11-3)20(8)12-4/h17-21H,9-16H2,1-8H3. The molecule has 0 bridgehead atoms. The van der Waals surface area contributed by atoms with Gasteiger partial charge in [0.15, 0.2) is 0 Å². The highest BCUT2D eigenvalue weighted by Crippen LogP contribution is 2.12. The first-order valence-corrected chi connectivity index (χ1v) is 10.1. The molecule has 4 atom stereocenters. The summed E-state index contributed by atoms with van der Waals surface area (Å²) in [6.07, 6.45) is 4.95. The summed E-state index contributed by atoms with van der Waals surface area (Å²) in [5, 5.41) is 3.68. The Hall–Kier alpha value is -0.120. The molecular weight excluding hydrogens is 282 g/mol. The fourth-order valence-corrected chi connectivity index (χ4v) is 3.23. The molecule has 0 aromatic carbocycles. The van der Waals surface area contributed by atoms with Gasteiger partial charge in [-0.25, -0.2) is 0 Å². The second-order valence-electron chi connectivity index (χ2n) is 7.25. The molecule has 0 aliphatic heterocycles. The highest BCUT2D eigenvalue weighted by Gasteiger charge is 2.18. The largest absolute Gasteiger partial charge is 0.314 e. The van der Waals surface area contributed by atoms with Gasteiger partial charge in [-0.3, -0.25) is 9.80 Å². The van der Waals surface area contributed by atoms with E-state index in [1.807, 2.05) is 0 Å². The summed E-state index contributed by atoms with van der Waals surface area (Å²) in [6, 6.07) is 2.74. The molecule has 0 spiro atoms. The van der Waals surface area contributed by atoms with Crippen molar-refractivity contribution in [2.75, 3.05) is 26.2 Å². The molecule has 0 saturated carbocycles. The number of hydrogen-bond donors (Lipinski definition) is 1. The Kier molecular flexibility index (Phi) is 13.1. The lowest BCUT2D eigenvalue weighted by Crippen LogP contribution is -2.46. The average molecular weight is 328 g/mol. The fourth-order valence-electron chi connectivity index (χ4n) is 3.23. The van der Waals surface area contributed by atoms with Crippen LogP contribution in [0.2, 0.25) is 0 Å². The summed E-state index contributed by atoms with van der Waals surface area (Å²) in [7, 11) is 0. The molecule has 0 aliphatic carbocycles. The summed E-state index contributed by atoms with van der Waals surface area (Å²) >= 11 is 0. The van der Waals surface area contributed by atoms with Crippen LogP contribution < -0.4 is 5.32 Å². The number of nitrogens with zero attached hydrogens (tertiary/aromatic N) is 2. The van der Waals surface area contributed by atoms with Gasteiger partial charge in [-0.15, -0.1) is 0 Å². The lowest BCUT2D eigenvalue weighted by Gasteiger charge is -2.35. The third-order valence-corrected chi connectivity index (χ3v) is 5.72. The lowest BCUT2D eigenvalue weighted by molar-refractivity contribution is 0.137. The van der Waals surface area contributed by atoms with Gasteiger partial charge in [0, 0.05) is 50.3 Å². The normalized spacial score (nSPS) is 17.5. The molecule has 0 aliphatic rings. The Morgan fingerprint density at radius 2 is 0.826 bits per heavy atom. The topological polar surface area (TPSA) is 18.5 Å². The Morgan fingerprint density at radius 1 is 0.565 bits per heavy atom. The smallest absolute Gasteiger partial charge is 0.0112 e. The summed E-state index contributed by atoms with van der Waals surface area (Å²) in [6.45, 7) is 23.2. The maximum Gasteiger partial charge on any atom is 0.0112 e. The van der Waals surface area contributed by atoms with Crippen molar-refractivity contribution in [3.05, 3.63) is 0 Å². The second-order valence-corrected chi connectivity index (χ2v) is 7.25. The predicted molar refractivity (Wildman–Crippen MR) is 105 cm³/mol. The highest BCUT2D eigenvalue weighted by atomic mass is 15.2. The molecule has 4 unspecified atom stereocenters. The van der Waals surface area contributed by atoms with Crippen LogP contribution in [0.4, 0.5) is 0 Å². The van der Waals surface area contributed by atoms with Gasteiger partial charge in [-0.1, -0.05) is 27.7 Å². The van der Waals surface area contributed by atoms with Gasteiger partial charge in [-0.2, -0.15) is 0 Å². The summed E-state index contributed by atoms with van der Waals surface area (Å²) in [4.78, 5) is 5.32. The van der Waals surface area contributed by atoms with Crippen molar-refractivity contribution in [2.45, 2.75) is 105 Å². The van der Waals surface area contributed by atoms with E-state index in [2.05, 4.69) is 70.5 Å². The van der Waals surface area contributed by atoms with Gasteiger partial charge in [0.1, 0.15) is 0 Å². The van der Waals surface area contributed by atoms with Gasteiger partial charge in [0.2, 0.25) is 0 Å². The minimum atomic E-state index is 0.684. The van der Waals surface area contributed by atoms with Crippen LogP contribution in [0, 0.1) is 0 Å². The van der Waals surface area contributed by atoms with Crippen molar-refractivity contribution in [1.29, 1.82) is 0 Å².